The number of para-hydroxylation sites is 1. The molecule has 0 unspecified atom stereocenters. The molecule has 1 aliphatic rings. The lowest BCUT2D eigenvalue weighted by Gasteiger charge is -2.35. The average molecular weight is 397 g/mol. The summed E-state index contributed by atoms with van der Waals surface area (Å²) in [7, 11) is 0. The van der Waals surface area contributed by atoms with E-state index < -0.39 is 5.97 Å². The quantitative estimate of drug-likeness (QED) is 0.690. The van der Waals surface area contributed by atoms with Crippen molar-refractivity contribution in [3.05, 3.63) is 54.6 Å². The van der Waals surface area contributed by atoms with Crippen LogP contribution in [0, 0.1) is 0 Å². The Hall–Kier alpha value is -3.06. The van der Waals surface area contributed by atoms with Crippen LogP contribution < -0.4 is 15.0 Å². The molecule has 2 aromatic rings. The summed E-state index contributed by atoms with van der Waals surface area (Å²) in [6.45, 7) is 6.81. The normalized spacial score (nSPS) is 14.3. The van der Waals surface area contributed by atoms with Gasteiger partial charge in [-0.15, -0.1) is 0 Å². The van der Waals surface area contributed by atoms with E-state index in [-0.39, 0.29) is 19.1 Å². The minimum absolute atomic E-state index is 0.239. The summed E-state index contributed by atoms with van der Waals surface area (Å²) in [5, 5.41) is 2.73. The standard InChI is InChI=1S/C22H27N3O4/c1-2-24-12-14-25(15-13-24)19-10-8-18(9-11-19)23-21(26)16-29-22(27)17-28-20-6-4-3-5-7-20/h3-11H,2,12-17H2,1H3,(H,23,26). The zero-order chi connectivity index (χ0) is 20.5. The third-order valence-corrected chi connectivity index (χ3v) is 4.80. The lowest BCUT2D eigenvalue weighted by Crippen LogP contribution is -2.46. The van der Waals surface area contributed by atoms with Crippen molar-refractivity contribution in [3.8, 4) is 5.75 Å². The van der Waals surface area contributed by atoms with Gasteiger partial charge in [-0.3, -0.25) is 4.79 Å². The fourth-order valence-corrected chi connectivity index (χ4v) is 3.12. The monoisotopic (exact) mass is 397 g/mol. The van der Waals surface area contributed by atoms with Crippen molar-refractivity contribution in [1.29, 1.82) is 0 Å². The van der Waals surface area contributed by atoms with Gasteiger partial charge in [0.15, 0.2) is 13.2 Å². The van der Waals surface area contributed by atoms with Crippen molar-refractivity contribution in [1.82, 2.24) is 4.90 Å². The number of hydrogen-bond acceptors (Lipinski definition) is 6. The van der Waals surface area contributed by atoms with Crippen molar-refractivity contribution < 1.29 is 19.1 Å². The maximum atomic E-state index is 12.0. The highest BCUT2D eigenvalue weighted by Gasteiger charge is 2.16. The summed E-state index contributed by atoms with van der Waals surface area (Å²) in [6, 6.07) is 16.7. The van der Waals surface area contributed by atoms with Crippen LogP contribution in [0.5, 0.6) is 5.75 Å². The first kappa shape index (κ1) is 20.7. The highest BCUT2D eigenvalue weighted by Crippen LogP contribution is 2.19. The van der Waals surface area contributed by atoms with E-state index >= 15 is 0 Å². The molecule has 0 atom stereocenters. The first-order valence-electron chi connectivity index (χ1n) is 9.84. The van der Waals surface area contributed by atoms with Gasteiger partial charge in [-0.1, -0.05) is 25.1 Å². The van der Waals surface area contributed by atoms with Crippen LogP contribution in [0.3, 0.4) is 0 Å². The number of carbonyl (C=O) groups excluding carboxylic acids is 2. The Morgan fingerprint density at radius 1 is 0.931 bits per heavy atom. The number of carbonyl (C=O) groups is 2. The largest absolute Gasteiger partial charge is 0.482 e. The second kappa shape index (κ2) is 10.5. The molecule has 0 aliphatic carbocycles. The minimum Gasteiger partial charge on any atom is -0.482 e. The maximum absolute atomic E-state index is 12.0. The molecule has 1 aliphatic heterocycles. The molecule has 7 nitrogen and oxygen atoms in total. The van der Waals surface area contributed by atoms with Crippen LogP contribution >= 0.6 is 0 Å². The topological polar surface area (TPSA) is 71.1 Å². The number of nitrogens with zero attached hydrogens (tertiary/aromatic N) is 2. The number of piperazine rings is 1. The Labute approximate surface area is 171 Å². The molecule has 1 N–H and O–H groups in total. The molecular formula is C22H27N3O4. The molecule has 0 aromatic heterocycles. The van der Waals surface area contributed by atoms with E-state index in [0.717, 1.165) is 38.4 Å². The summed E-state index contributed by atoms with van der Waals surface area (Å²) < 4.78 is 10.2. The predicted molar refractivity (Wildman–Crippen MR) is 112 cm³/mol. The van der Waals surface area contributed by atoms with E-state index in [0.29, 0.717) is 11.4 Å². The molecule has 0 bridgehead atoms. The van der Waals surface area contributed by atoms with Crippen LogP contribution in [0.2, 0.25) is 0 Å². The van der Waals surface area contributed by atoms with Crippen LogP contribution in [0.25, 0.3) is 0 Å². The fraction of sp³-hybridized carbons (Fsp3) is 0.364. The van der Waals surface area contributed by atoms with Crippen molar-refractivity contribution >= 4 is 23.3 Å². The zero-order valence-electron chi connectivity index (χ0n) is 16.7. The van der Waals surface area contributed by atoms with Gasteiger partial charge in [0.05, 0.1) is 0 Å². The molecule has 1 heterocycles. The van der Waals surface area contributed by atoms with E-state index in [4.69, 9.17) is 9.47 Å². The van der Waals surface area contributed by atoms with Crippen LogP contribution in [-0.2, 0) is 14.3 Å². The van der Waals surface area contributed by atoms with Gasteiger partial charge in [0.2, 0.25) is 0 Å². The van der Waals surface area contributed by atoms with Gasteiger partial charge in [-0.05, 0) is 42.9 Å². The molecule has 154 valence electrons. The van der Waals surface area contributed by atoms with E-state index in [2.05, 4.69) is 22.0 Å². The Morgan fingerprint density at radius 3 is 2.28 bits per heavy atom. The fourth-order valence-electron chi connectivity index (χ4n) is 3.12. The Kier molecular flexibility index (Phi) is 7.47. The summed E-state index contributed by atoms with van der Waals surface area (Å²) >= 11 is 0. The number of amides is 1. The molecule has 0 radical (unpaired) electrons. The van der Waals surface area contributed by atoms with E-state index in [1.165, 1.54) is 0 Å². The number of nitrogens with one attached hydrogen (secondary N) is 1. The molecule has 29 heavy (non-hydrogen) atoms. The first-order valence-corrected chi connectivity index (χ1v) is 9.84. The van der Waals surface area contributed by atoms with Gasteiger partial charge in [-0.25, -0.2) is 4.79 Å². The molecule has 2 aromatic carbocycles. The summed E-state index contributed by atoms with van der Waals surface area (Å²) in [4.78, 5) is 28.5. The van der Waals surface area contributed by atoms with Gasteiger partial charge in [0, 0.05) is 37.6 Å². The molecule has 1 saturated heterocycles. The molecule has 0 spiro atoms. The number of rotatable bonds is 8. The smallest absolute Gasteiger partial charge is 0.344 e. The van der Waals surface area contributed by atoms with Crippen LogP contribution in [0.1, 0.15) is 6.92 Å². The maximum Gasteiger partial charge on any atom is 0.344 e. The second-order valence-corrected chi connectivity index (χ2v) is 6.78. The number of ether oxygens (including phenoxy) is 2. The van der Waals surface area contributed by atoms with Gasteiger partial charge >= 0.3 is 5.97 Å². The zero-order valence-corrected chi connectivity index (χ0v) is 16.7. The summed E-state index contributed by atoms with van der Waals surface area (Å²) in [5.74, 6) is -0.405. The number of benzene rings is 2. The second-order valence-electron chi connectivity index (χ2n) is 6.78. The minimum atomic E-state index is -0.592. The third kappa shape index (κ3) is 6.50. The lowest BCUT2D eigenvalue weighted by atomic mass is 10.2. The van der Waals surface area contributed by atoms with Crippen molar-refractivity contribution in [2.45, 2.75) is 6.92 Å². The van der Waals surface area contributed by atoms with Crippen LogP contribution in [0.15, 0.2) is 54.6 Å². The molecule has 7 heteroatoms. The van der Waals surface area contributed by atoms with Crippen LogP contribution in [0.4, 0.5) is 11.4 Å². The van der Waals surface area contributed by atoms with Crippen molar-refractivity contribution in [2.24, 2.45) is 0 Å². The number of likely N-dealkylation sites (N-methyl/N-ethyl adjacent to an activating group) is 1. The molecule has 0 saturated carbocycles. The number of esters is 1. The molecular weight excluding hydrogens is 370 g/mol. The molecule has 1 fully saturated rings. The van der Waals surface area contributed by atoms with Gasteiger partial charge in [0.1, 0.15) is 5.75 Å². The van der Waals surface area contributed by atoms with Crippen LogP contribution in [-0.4, -0.2) is 62.7 Å². The van der Waals surface area contributed by atoms with E-state index in [9.17, 15) is 9.59 Å². The van der Waals surface area contributed by atoms with Crippen molar-refractivity contribution in [2.75, 3.05) is 56.2 Å². The van der Waals surface area contributed by atoms with Gasteiger partial charge < -0.3 is 24.6 Å². The number of hydrogen-bond donors (Lipinski definition) is 1. The molecule has 3 rings (SSSR count). The predicted octanol–water partition coefficient (Wildman–Crippen LogP) is 2.39. The van der Waals surface area contributed by atoms with Gasteiger partial charge in [-0.2, -0.15) is 0 Å². The Balaban J connectivity index is 1.38. The first-order chi connectivity index (χ1) is 14.1. The highest BCUT2D eigenvalue weighted by atomic mass is 16.6. The third-order valence-electron chi connectivity index (χ3n) is 4.80. The lowest BCUT2D eigenvalue weighted by molar-refractivity contribution is -0.149. The molecule has 1 amide bonds. The average Bonchev–Trinajstić information content (AvgIpc) is 2.77. The van der Waals surface area contributed by atoms with E-state index in [1.54, 1.807) is 12.1 Å². The highest BCUT2D eigenvalue weighted by molar-refractivity contribution is 5.93. The SMILES string of the molecule is CCN1CCN(c2ccc(NC(=O)COC(=O)COc3ccccc3)cc2)CC1. The summed E-state index contributed by atoms with van der Waals surface area (Å²) in [5.41, 5.74) is 1.81. The Bertz CT molecular complexity index is 787. The summed E-state index contributed by atoms with van der Waals surface area (Å²) in [6.07, 6.45) is 0. The number of anilines is 2. The van der Waals surface area contributed by atoms with E-state index in [1.807, 2.05) is 42.5 Å². The van der Waals surface area contributed by atoms with Crippen molar-refractivity contribution in [3.63, 3.8) is 0 Å². The Morgan fingerprint density at radius 2 is 1.62 bits per heavy atom. The van der Waals surface area contributed by atoms with Gasteiger partial charge in [0.25, 0.3) is 5.91 Å².